The van der Waals surface area contributed by atoms with E-state index in [0.29, 0.717) is 17.8 Å². The van der Waals surface area contributed by atoms with Crippen molar-refractivity contribution in [3.05, 3.63) is 12.2 Å². The Morgan fingerprint density at radius 2 is 1.56 bits per heavy atom. The van der Waals surface area contributed by atoms with Crippen molar-refractivity contribution in [3.8, 4) is 0 Å². The van der Waals surface area contributed by atoms with Gasteiger partial charge in [-0.05, 0) is 129 Å². The van der Waals surface area contributed by atoms with Gasteiger partial charge in [-0.2, -0.15) is 0 Å². The topological polar surface area (TPSA) is 180 Å². The standard InChI is InChI=1S/C39H66N2O9/c1-22(2)23-11-17-39(34(48)49)19-18-37(6)24(30(23)39)9-10-27-36(5)15-13-28(35(3,4)26(36)12-16-38(27,37)7)40-29(44)21-41(50-8)33(47)32(46)31(45)25(43)14-20-42/h23-28,30-33,42-43,45-47H,1,9-21H2,2-8H3,(H,40,44)(H,48,49)/t23-,24?,25+,26?,27?,28-,30?,31?,32+,33+,36-,37+,38+,39-/m0/s1. The molecule has 5 aliphatic rings. The molecule has 0 aromatic heterocycles. The smallest absolute Gasteiger partial charge is 0.309 e. The number of aliphatic hydroxyl groups excluding tert-OH is 5. The molecule has 7 N–H and O–H groups in total. The number of nitrogens with one attached hydrogen (secondary N) is 1. The Hall–Kier alpha value is -1.60. The normalized spacial score (nSPS) is 43.0. The predicted molar refractivity (Wildman–Crippen MR) is 188 cm³/mol. The lowest BCUT2D eigenvalue weighted by Gasteiger charge is -2.73. The molecular formula is C39H66N2O9. The summed E-state index contributed by atoms with van der Waals surface area (Å²) in [7, 11) is 1.25. The zero-order valence-electron chi connectivity index (χ0n) is 31.5. The molecule has 0 bridgehead atoms. The highest BCUT2D eigenvalue weighted by Crippen LogP contribution is 2.77. The van der Waals surface area contributed by atoms with E-state index in [0.717, 1.165) is 74.8 Å². The Morgan fingerprint density at radius 3 is 2.16 bits per heavy atom. The number of aliphatic carboxylic acids is 1. The quantitative estimate of drug-likeness (QED) is 0.0895. The van der Waals surface area contributed by atoms with E-state index in [1.165, 1.54) is 7.11 Å². The zero-order valence-corrected chi connectivity index (χ0v) is 31.5. The van der Waals surface area contributed by atoms with E-state index < -0.39 is 49.1 Å². The highest BCUT2D eigenvalue weighted by molar-refractivity contribution is 5.78. The molecule has 0 heterocycles. The van der Waals surface area contributed by atoms with Crippen LogP contribution in [0.3, 0.4) is 0 Å². The molecule has 5 saturated carbocycles. The first kappa shape index (κ1) is 39.6. The van der Waals surface area contributed by atoms with Crippen LogP contribution in [-0.2, 0) is 14.4 Å². The Bertz CT molecular complexity index is 1290. The Kier molecular flexibility index (Phi) is 11.1. The number of hydrogen-bond donors (Lipinski definition) is 7. The SMILES string of the molecule is C=C(C)[C@@H]1CC[C@]2(C(=O)O)CC[C@]3(C)C(CCC4[C@@]5(C)CC[C@H](NC(=O)CN(OC)[C@H](O)[C@H](O)C(O)[C@H](O)CCO)C(C)(C)C5CC[C@]43C)C12. The van der Waals surface area contributed by atoms with Crippen LogP contribution in [0.5, 0.6) is 0 Å². The lowest BCUT2D eigenvalue weighted by atomic mass is 9.32. The second-order valence-electron chi connectivity index (χ2n) is 18.4. The van der Waals surface area contributed by atoms with Gasteiger partial charge >= 0.3 is 5.97 Å². The first-order valence-electron chi connectivity index (χ1n) is 19.1. The van der Waals surface area contributed by atoms with Crippen LogP contribution in [0.25, 0.3) is 0 Å². The van der Waals surface area contributed by atoms with E-state index in [9.17, 15) is 35.1 Å². The van der Waals surface area contributed by atoms with E-state index in [-0.39, 0.29) is 51.9 Å². The summed E-state index contributed by atoms with van der Waals surface area (Å²) in [6.07, 6.45) is 2.38. The fourth-order valence-corrected chi connectivity index (χ4v) is 13.3. The summed E-state index contributed by atoms with van der Waals surface area (Å²) in [5.74, 6) is 0.625. The van der Waals surface area contributed by atoms with Crippen LogP contribution >= 0.6 is 0 Å². The van der Waals surface area contributed by atoms with E-state index in [4.69, 9.17) is 9.94 Å². The van der Waals surface area contributed by atoms with Crippen LogP contribution in [0.15, 0.2) is 12.2 Å². The van der Waals surface area contributed by atoms with E-state index in [1.54, 1.807) is 0 Å². The third kappa shape index (κ3) is 5.99. The molecule has 14 atom stereocenters. The number of amides is 1. The van der Waals surface area contributed by atoms with Gasteiger partial charge in [0.15, 0.2) is 6.23 Å². The number of hydrogen-bond acceptors (Lipinski definition) is 9. The van der Waals surface area contributed by atoms with Crippen molar-refractivity contribution < 1.29 is 45.1 Å². The van der Waals surface area contributed by atoms with E-state index in [2.05, 4.69) is 53.4 Å². The fourth-order valence-electron chi connectivity index (χ4n) is 13.3. The second-order valence-corrected chi connectivity index (χ2v) is 18.4. The number of aliphatic hydroxyl groups is 5. The summed E-state index contributed by atoms with van der Waals surface area (Å²) in [4.78, 5) is 31.6. The minimum Gasteiger partial charge on any atom is -0.481 e. The lowest BCUT2D eigenvalue weighted by Crippen LogP contribution is -2.68. The van der Waals surface area contributed by atoms with Crippen LogP contribution < -0.4 is 5.32 Å². The number of carboxylic acid groups (broad SMARTS) is 1. The molecule has 0 aliphatic heterocycles. The molecule has 5 fully saturated rings. The van der Waals surface area contributed by atoms with Crippen molar-refractivity contribution in [2.45, 2.75) is 143 Å². The Labute approximate surface area is 298 Å². The van der Waals surface area contributed by atoms with Crippen molar-refractivity contribution in [3.63, 3.8) is 0 Å². The molecule has 1 amide bonds. The Morgan fingerprint density at radius 1 is 0.880 bits per heavy atom. The molecule has 0 aromatic rings. The number of rotatable bonds is 12. The molecule has 5 unspecified atom stereocenters. The zero-order chi connectivity index (χ0) is 37.2. The average Bonchev–Trinajstić information content (AvgIpc) is 3.46. The summed E-state index contributed by atoms with van der Waals surface area (Å²) < 4.78 is 0. The van der Waals surface area contributed by atoms with Crippen LogP contribution in [0, 0.1) is 56.7 Å². The summed E-state index contributed by atoms with van der Waals surface area (Å²) in [6, 6.07) is -0.122. The first-order chi connectivity index (χ1) is 23.3. The monoisotopic (exact) mass is 706 g/mol. The molecular weight excluding hydrogens is 640 g/mol. The summed E-state index contributed by atoms with van der Waals surface area (Å²) in [5.41, 5.74) is 0.443. The molecule has 50 heavy (non-hydrogen) atoms. The fraction of sp³-hybridized carbons (Fsp3) is 0.897. The molecule has 11 heteroatoms. The lowest BCUT2D eigenvalue weighted by molar-refractivity contribution is -0.261. The number of hydroxylamine groups is 2. The summed E-state index contributed by atoms with van der Waals surface area (Å²) in [6.45, 7) is 17.7. The second kappa shape index (κ2) is 14.0. The molecule has 5 aliphatic carbocycles. The molecule has 0 spiro atoms. The van der Waals surface area contributed by atoms with Crippen LogP contribution in [-0.4, -0.2) is 98.4 Å². The highest BCUT2D eigenvalue weighted by atomic mass is 16.7. The van der Waals surface area contributed by atoms with Gasteiger partial charge < -0.3 is 36.0 Å². The third-order valence-corrected chi connectivity index (χ3v) is 16.2. The van der Waals surface area contributed by atoms with Gasteiger partial charge in [-0.3, -0.25) is 14.4 Å². The van der Waals surface area contributed by atoms with Gasteiger partial charge in [-0.15, -0.1) is 5.06 Å². The van der Waals surface area contributed by atoms with Crippen molar-refractivity contribution in [1.29, 1.82) is 0 Å². The van der Waals surface area contributed by atoms with Gasteiger partial charge in [-0.1, -0.05) is 46.8 Å². The Balaban J connectivity index is 1.31. The number of allylic oxidation sites excluding steroid dienone is 1. The largest absolute Gasteiger partial charge is 0.481 e. The maximum Gasteiger partial charge on any atom is 0.309 e. The molecule has 0 aromatic carbocycles. The molecule has 5 rings (SSSR count). The van der Waals surface area contributed by atoms with Gasteiger partial charge in [0.05, 0.1) is 18.6 Å². The summed E-state index contributed by atoms with van der Waals surface area (Å²) in [5, 5.41) is 65.2. The van der Waals surface area contributed by atoms with Gasteiger partial charge in [0.1, 0.15) is 18.8 Å². The van der Waals surface area contributed by atoms with Crippen molar-refractivity contribution in [2.75, 3.05) is 20.3 Å². The van der Waals surface area contributed by atoms with Crippen LogP contribution in [0.1, 0.15) is 112 Å². The summed E-state index contributed by atoms with van der Waals surface area (Å²) >= 11 is 0. The van der Waals surface area contributed by atoms with Crippen LogP contribution in [0.4, 0.5) is 0 Å². The van der Waals surface area contributed by atoms with Gasteiger partial charge in [-0.25, -0.2) is 0 Å². The number of carbonyl (C=O) groups excluding carboxylic acids is 1. The van der Waals surface area contributed by atoms with Crippen molar-refractivity contribution in [2.24, 2.45) is 56.7 Å². The molecule has 0 saturated heterocycles. The number of nitrogens with zero attached hydrogens (tertiary/aromatic N) is 1. The highest BCUT2D eigenvalue weighted by Gasteiger charge is 2.72. The predicted octanol–water partition coefficient (Wildman–Crippen LogP) is 3.86. The van der Waals surface area contributed by atoms with Gasteiger partial charge in [0, 0.05) is 12.6 Å². The van der Waals surface area contributed by atoms with Crippen molar-refractivity contribution in [1.82, 2.24) is 10.4 Å². The molecule has 286 valence electrons. The maximum atomic E-state index is 13.4. The third-order valence-electron chi connectivity index (χ3n) is 16.2. The minimum absolute atomic E-state index is 0.0392. The van der Waals surface area contributed by atoms with Crippen LogP contribution in [0.2, 0.25) is 0 Å². The van der Waals surface area contributed by atoms with E-state index in [1.807, 2.05) is 0 Å². The number of carbonyl (C=O) groups is 2. The number of carboxylic acids is 1. The minimum atomic E-state index is -1.84. The number of fused-ring (bicyclic) bond motifs is 7. The van der Waals surface area contributed by atoms with Crippen molar-refractivity contribution >= 4 is 11.9 Å². The average molecular weight is 707 g/mol. The molecule has 0 radical (unpaired) electrons. The first-order valence-corrected chi connectivity index (χ1v) is 19.1. The van der Waals surface area contributed by atoms with Gasteiger partial charge in [0.2, 0.25) is 5.91 Å². The maximum absolute atomic E-state index is 13.4. The van der Waals surface area contributed by atoms with Gasteiger partial charge in [0.25, 0.3) is 0 Å². The van der Waals surface area contributed by atoms with E-state index >= 15 is 0 Å². The molecule has 11 nitrogen and oxygen atoms in total.